The molecule has 4 nitrogen and oxygen atoms in total. The number of hydrogen-bond acceptors (Lipinski definition) is 4. The second kappa shape index (κ2) is 6.78. The molecule has 1 heterocycles. The minimum atomic E-state index is 0.312. The predicted molar refractivity (Wildman–Crippen MR) is 74.9 cm³/mol. The normalized spacial score (nSPS) is 20.3. The Morgan fingerprint density at radius 3 is 2.68 bits per heavy atom. The predicted octanol–water partition coefficient (Wildman–Crippen LogP) is 2.39. The summed E-state index contributed by atoms with van der Waals surface area (Å²) in [7, 11) is 3.33. The van der Waals surface area contributed by atoms with Crippen LogP contribution in [-0.4, -0.2) is 34.0 Å². The summed E-state index contributed by atoms with van der Waals surface area (Å²) in [4.78, 5) is 0. The fourth-order valence-electron chi connectivity index (χ4n) is 2.64. The molecule has 0 amide bonds. The van der Waals surface area contributed by atoms with E-state index in [-0.39, 0.29) is 0 Å². The summed E-state index contributed by atoms with van der Waals surface area (Å²) in [6.45, 7) is 4.75. The van der Waals surface area contributed by atoms with Crippen LogP contribution in [0.4, 0.5) is 0 Å². The maximum atomic E-state index is 5.51. The molecule has 0 radical (unpaired) electrons. The first-order valence-corrected chi connectivity index (χ1v) is 6.83. The third-order valence-corrected chi connectivity index (χ3v) is 3.63. The van der Waals surface area contributed by atoms with Gasteiger partial charge >= 0.3 is 0 Å². The summed E-state index contributed by atoms with van der Waals surface area (Å²) in [5.74, 6) is 2.07. The lowest BCUT2D eigenvalue weighted by Gasteiger charge is -2.24. The van der Waals surface area contributed by atoms with Crippen molar-refractivity contribution >= 4 is 0 Å². The standard InChI is InChI=1S/C15H23NO3/c1-4-16-15(12-7-8-19-10-12)11-5-6-13(17-2)14(9-11)18-3/h5-6,9,12,15-16H,4,7-8,10H2,1-3H3. The summed E-state index contributed by atoms with van der Waals surface area (Å²) >= 11 is 0. The van der Waals surface area contributed by atoms with Gasteiger partial charge in [0.05, 0.1) is 20.8 Å². The van der Waals surface area contributed by atoms with Gasteiger partial charge in [-0.3, -0.25) is 0 Å². The van der Waals surface area contributed by atoms with Crippen molar-refractivity contribution in [1.82, 2.24) is 5.32 Å². The number of hydrogen-bond donors (Lipinski definition) is 1. The molecule has 1 aromatic carbocycles. The molecule has 1 saturated heterocycles. The maximum absolute atomic E-state index is 5.51. The molecule has 0 spiro atoms. The van der Waals surface area contributed by atoms with Gasteiger partial charge in [0.1, 0.15) is 0 Å². The molecule has 1 aliphatic rings. The monoisotopic (exact) mass is 265 g/mol. The highest BCUT2D eigenvalue weighted by atomic mass is 16.5. The molecule has 1 N–H and O–H groups in total. The lowest BCUT2D eigenvalue weighted by molar-refractivity contribution is 0.177. The summed E-state index contributed by atoms with van der Waals surface area (Å²) in [5.41, 5.74) is 1.23. The summed E-state index contributed by atoms with van der Waals surface area (Å²) < 4.78 is 16.2. The van der Waals surface area contributed by atoms with Crippen molar-refractivity contribution in [2.75, 3.05) is 34.0 Å². The van der Waals surface area contributed by atoms with Gasteiger partial charge in [0.15, 0.2) is 11.5 Å². The molecule has 0 aliphatic carbocycles. The number of nitrogens with one attached hydrogen (secondary N) is 1. The fourth-order valence-corrected chi connectivity index (χ4v) is 2.64. The Labute approximate surface area is 115 Å². The van der Waals surface area contributed by atoms with E-state index in [1.54, 1.807) is 14.2 Å². The zero-order chi connectivity index (χ0) is 13.7. The number of methoxy groups -OCH3 is 2. The average Bonchev–Trinajstić information content (AvgIpc) is 2.98. The molecule has 0 saturated carbocycles. The van der Waals surface area contributed by atoms with Crippen molar-refractivity contribution in [2.45, 2.75) is 19.4 Å². The van der Waals surface area contributed by atoms with E-state index in [0.29, 0.717) is 12.0 Å². The molecule has 0 aromatic heterocycles. The Kier molecular flexibility index (Phi) is 5.05. The fraction of sp³-hybridized carbons (Fsp3) is 0.600. The van der Waals surface area contributed by atoms with Gasteiger partial charge in [-0.1, -0.05) is 13.0 Å². The van der Waals surface area contributed by atoms with E-state index in [1.165, 1.54) is 5.56 Å². The van der Waals surface area contributed by atoms with E-state index in [1.807, 2.05) is 6.07 Å². The molecule has 0 bridgehead atoms. The number of benzene rings is 1. The molecule has 19 heavy (non-hydrogen) atoms. The van der Waals surface area contributed by atoms with Crippen LogP contribution in [0.5, 0.6) is 11.5 Å². The van der Waals surface area contributed by atoms with Crippen LogP contribution < -0.4 is 14.8 Å². The van der Waals surface area contributed by atoms with Crippen molar-refractivity contribution in [3.05, 3.63) is 23.8 Å². The van der Waals surface area contributed by atoms with Crippen molar-refractivity contribution in [1.29, 1.82) is 0 Å². The van der Waals surface area contributed by atoms with Crippen molar-refractivity contribution in [2.24, 2.45) is 5.92 Å². The third kappa shape index (κ3) is 3.19. The first-order chi connectivity index (χ1) is 9.30. The van der Waals surface area contributed by atoms with Crippen LogP contribution in [0.2, 0.25) is 0 Å². The maximum Gasteiger partial charge on any atom is 0.161 e. The van der Waals surface area contributed by atoms with Gasteiger partial charge in [-0.25, -0.2) is 0 Å². The van der Waals surface area contributed by atoms with Crippen LogP contribution in [0.1, 0.15) is 24.9 Å². The molecule has 2 atom stereocenters. The summed E-state index contributed by atoms with van der Waals surface area (Å²) in [6, 6.07) is 6.44. The number of ether oxygens (including phenoxy) is 3. The third-order valence-electron chi connectivity index (χ3n) is 3.63. The highest BCUT2D eigenvalue weighted by Crippen LogP contribution is 2.34. The van der Waals surface area contributed by atoms with Gasteiger partial charge in [-0.05, 0) is 30.7 Å². The van der Waals surface area contributed by atoms with Gasteiger partial charge in [0, 0.05) is 18.6 Å². The molecule has 1 aliphatic heterocycles. The van der Waals surface area contributed by atoms with Crippen LogP contribution in [0.25, 0.3) is 0 Å². The van der Waals surface area contributed by atoms with E-state index >= 15 is 0 Å². The minimum absolute atomic E-state index is 0.312. The minimum Gasteiger partial charge on any atom is -0.493 e. The van der Waals surface area contributed by atoms with Gasteiger partial charge in [-0.2, -0.15) is 0 Å². The summed E-state index contributed by atoms with van der Waals surface area (Å²) in [6.07, 6.45) is 1.10. The molecule has 2 unspecified atom stereocenters. The molecule has 106 valence electrons. The molecular formula is C15H23NO3. The first kappa shape index (κ1) is 14.2. The highest BCUT2D eigenvalue weighted by Gasteiger charge is 2.27. The van der Waals surface area contributed by atoms with Crippen molar-refractivity contribution in [3.8, 4) is 11.5 Å². The van der Waals surface area contributed by atoms with E-state index in [9.17, 15) is 0 Å². The zero-order valence-electron chi connectivity index (χ0n) is 11.9. The molecular weight excluding hydrogens is 242 g/mol. The summed E-state index contributed by atoms with van der Waals surface area (Å²) in [5, 5.41) is 3.55. The van der Waals surface area contributed by atoms with Crippen LogP contribution in [-0.2, 0) is 4.74 Å². The topological polar surface area (TPSA) is 39.7 Å². The highest BCUT2D eigenvalue weighted by molar-refractivity contribution is 5.44. The molecule has 1 fully saturated rings. The second-order valence-corrected chi connectivity index (χ2v) is 4.77. The largest absolute Gasteiger partial charge is 0.493 e. The quantitative estimate of drug-likeness (QED) is 0.857. The second-order valence-electron chi connectivity index (χ2n) is 4.77. The van der Waals surface area contributed by atoms with Crippen molar-refractivity contribution < 1.29 is 14.2 Å². The van der Waals surface area contributed by atoms with Crippen molar-refractivity contribution in [3.63, 3.8) is 0 Å². The average molecular weight is 265 g/mol. The molecule has 2 rings (SSSR count). The van der Waals surface area contributed by atoms with Gasteiger partial charge in [0.2, 0.25) is 0 Å². The lowest BCUT2D eigenvalue weighted by Crippen LogP contribution is -2.28. The van der Waals surface area contributed by atoms with Crippen LogP contribution >= 0.6 is 0 Å². The molecule has 1 aromatic rings. The Bertz CT molecular complexity index is 402. The molecule has 4 heteroatoms. The Hall–Kier alpha value is -1.26. The van der Waals surface area contributed by atoms with E-state index in [0.717, 1.165) is 37.7 Å². The number of rotatable bonds is 6. The van der Waals surface area contributed by atoms with E-state index in [2.05, 4.69) is 24.4 Å². The zero-order valence-corrected chi connectivity index (χ0v) is 11.9. The van der Waals surface area contributed by atoms with Crippen LogP contribution in [0.15, 0.2) is 18.2 Å². The van der Waals surface area contributed by atoms with Gasteiger partial charge in [-0.15, -0.1) is 0 Å². The SMILES string of the molecule is CCNC(c1ccc(OC)c(OC)c1)C1CCOC1. The lowest BCUT2D eigenvalue weighted by atomic mass is 9.92. The Morgan fingerprint density at radius 1 is 1.32 bits per heavy atom. The van der Waals surface area contributed by atoms with E-state index < -0.39 is 0 Å². The van der Waals surface area contributed by atoms with Gasteiger partial charge in [0.25, 0.3) is 0 Å². The van der Waals surface area contributed by atoms with E-state index in [4.69, 9.17) is 14.2 Å². The first-order valence-electron chi connectivity index (χ1n) is 6.83. The van der Waals surface area contributed by atoms with Gasteiger partial charge < -0.3 is 19.5 Å². The smallest absolute Gasteiger partial charge is 0.161 e. The Morgan fingerprint density at radius 2 is 2.11 bits per heavy atom. The Balaban J connectivity index is 2.25. The van der Waals surface area contributed by atoms with Crippen LogP contribution in [0.3, 0.4) is 0 Å². The van der Waals surface area contributed by atoms with Crippen LogP contribution in [0, 0.1) is 5.92 Å².